The lowest BCUT2D eigenvalue weighted by Crippen LogP contribution is -2.41. The van der Waals surface area contributed by atoms with Gasteiger partial charge in [-0.25, -0.2) is 4.79 Å². The van der Waals surface area contributed by atoms with Crippen LogP contribution in [0.25, 0.3) is 0 Å². The van der Waals surface area contributed by atoms with E-state index in [-0.39, 0.29) is 12.1 Å². The average Bonchev–Trinajstić information content (AvgIpc) is 3.22. The molecule has 0 aliphatic carbocycles. The van der Waals surface area contributed by atoms with Crippen LogP contribution in [-0.2, 0) is 6.54 Å². The second kappa shape index (κ2) is 9.42. The average molecular weight is 367 g/mol. The molecule has 1 saturated heterocycles. The fraction of sp³-hybridized carbons (Fsp3) is 0.409. The molecule has 0 spiro atoms. The summed E-state index contributed by atoms with van der Waals surface area (Å²) < 4.78 is 0. The topological polar surface area (TPSA) is 47.6 Å². The van der Waals surface area contributed by atoms with Crippen molar-refractivity contribution in [1.82, 2.24) is 15.5 Å². The fourth-order valence-corrected chi connectivity index (χ4v) is 3.54. The summed E-state index contributed by atoms with van der Waals surface area (Å²) in [6, 6.07) is 18.7. The Balaban J connectivity index is 1.59. The summed E-state index contributed by atoms with van der Waals surface area (Å²) in [5, 5.41) is 6.01. The molecule has 1 unspecified atom stereocenters. The molecule has 2 aromatic rings. The number of urea groups is 1. The number of likely N-dealkylation sites (tertiary alicyclic amines) is 1. The van der Waals surface area contributed by atoms with Gasteiger partial charge in [-0.1, -0.05) is 42.5 Å². The van der Waals surface area contributed by atoms with E-state index in [9.17, 15) is 4.79 Å². The molecule has 27 heavy (non-hydrogen) atoms. The standard InChI is InChI=1S/C22H30N4O/c1-25(2)20-12-10-19(11-13-20)21(26-14-6-7-15-26)17-24-22(27)23-16-18-8-4-3-5-9-18/h3-5,8-13,21H,6-7,14-17H2,1-2H3,(H2,23,24,27). The molecule has 3 rings (SSSR count). The van der Waals surface area contributed by atoms with E-state index < -0.39 is 0 Å². The number of rotatable bonds is 7. The van der Waals surface area contributed by atoms with Gasteiger partial charge in [0.1, 0.15) is 0 Å². The van der Waals surface area contributed by atoms with Gasteiger partial charge in [0, 0.05) is 32.9 Å². The van der Waals surface area contributed by atoms with E-state index in [0.717, 1.165) is 18.7 Å². The second-order valence-corrected chi connectivity index (χ2v) is 7.29. The summed E-state index contributed by atoms with van der Waals surface area (Å²) in [7, 11) is 4.09. The predicted octanol–water partition coefficient (Wildman–Crippen LogP) is 3.39. The highest BCUT2D eigenvalue weighted by Crippen LogP contribution is 2.26. The Labute approximate surface area is 162 Å². The molecule has 1 fully saturated rings. The van der Waals surface area contributed by atoms with Crippen LogP contribution in [0.5, 0.6) is 0 Å². The van der Waals surface area contributed by atoms with E-state index in [1.54, 1.807) is 0 Å². The zero-order valence-corrected chi connectivity index (χ0v) is 16.3. The lowest BCUT2D eigenvalue weighted by atomic mass is 10.0. The largest absolute Gasteiger partial charge is 0.378 e. The lowest BCUT2D eigenvalue weighted by molar-refractivity contribution is 0.220. The molecule has 5 heteroatoms. The van der Waals surface area contributed by atoms with Gasteiger partial charge in [0.05, 0.1) is 6.04 Å². The predicted molar refractivity (Wildman–Crippen MR) is 111 cm³/mol. The van der Waals surface area contributed by atoms with E-state index in [1.165, 1.54) is 24.1 Å². The number of nitrogens with one attached hydrogen (secondary N) is 2. The molecule has 5 nitrogen and oxygen atoms in total. The SMILES string of the molecule is CN(C)c1ccc(C(CNC(=O)NCc2ccccc2)N2CCCC2)cc1. The van der Waals surface area contributed by atoms with E-state index in [4.69, 9.17) is 0 Å². The van der Waals surface area contributed by atoms with Gasteiger partial charge in [0.15, 0.2) is 0 Å². The first-order chi connectivity index (χ1) is 13.1. The first kappa shape index (κ1) is 19.2. The maximum atomic E-state index is 12.3. The zero-order chi connectivity index (χ0) is 19.1. The maximum absolute atomic E-state index is 12.3. The van der Waals surface area contributed by atoms with Crippen molar-refractivity contribution in [2.24, 2.45) is 0 Å². The second-order valence-electron chi connectivity index (χ2n) is 7.29. The zero-order valence-electron chi connectivity index (χ0n) is 16.3. The minimum absolute atomic E-state index is 0.118. The van der Waals surface area contributed by atoms with E-state index in [2.05, 4.69) is 44.7 Å². The minimum atomic E-state index is -0.118. The van der Waals surface area contributed by atoms with Crippen molar-refractivity contribution in [3.8, 4) is 0 Å². The molecule has 0 bridgehead atoms. The molecule has 2 N–H and O–H groups in total. The van der Waals surface area contributed by atoms with Gasteiger partial charge in [-0.2, -0.15) is 0 Å². The highest BCUT2D eigenvalue weighted by molar-refractivity contribution is 5.73. The lowest BCUT2D eigenvalue weighted by Gasteiger charge is -2.28. The normalized spacial score (nSPS) is 15.3. The number of anilines is 1. The molecule has 1 aliphatic heterocycles. The number of benzene rings is 2. The quantitative estimate of drug-likeness (QED) is 0.790. The molecule has 2 amide bonds. The van der Waals surface area contributed by atoms with Gasteiger partial charge < -0.3 is 15.5 Å². The van der Waals surface area contributed by atoms with Gasteiger partial charge >= 0.3 is 6.03 Å². The van der Waals surface area contributed by atoms with Crippen molar-refractivity contribution in [3.63, 3.8) is 0 Å². The van der Waals surface area contributed by atoms with Crippen LogP contribution in [0.1, 0.15) is 30.0 Å². The maximum Gasteiger partial charge on any atom is 0.315 e. The number of hydrogen-bond acceptors (Lipinski definition) is 3. The third-order valence-electron chi connectivity index (χ3n) is 5.13. The van der Waals surface area contributed by atoms with Crippen LogP contribution in [0, 0.1) is 0 Å². The van der Waals surface area contributed by atoms with Crippen molar-refractivity contribution < 1.29 is 4.79 Å². The Morgan fingerprint density at radius 1 is 1.00 bits per heavy atom. The van der Waals surface area contributed by atoms with E-state index in [0.29, 0.717) is 13.1 Å². The van der Waals surface area contributed by atoms with Crippen LogP contribution in [0.4, 0.5) is 10.5 Å². The fourth-order valence-electron chi connectivity index (χ4n) is 3.54. The molecular formula is C22H30N4O. The summed E-state index contributed by atoms with van der Waals surface area (Å²) in [6.45, 7) is 3.33. The molecule has 1 atom stereocenters. The highest BCUT2D eigenvalue weighted by Gasteiger charge is 2.24. The summed E-state index contributed by atoms with van der Waals surface area (Å²) >= 11 is 0. The van der Waals surface area contributed by atoms with Crippen LogP contribution < -0.4 is 15.5 Å². The van der Waals surface area contributed by atoms with Gasteiger partial charge in [-0.3, -0.25) is 4.90 Å². The van der Waals surface area contributed by atoms with Gasteiger partial charge in [-0.15, -0.1) is 0 Å². The minimum Gasteiger partial charge on any atom is -0.378 e. The monoisotopic (exact) mass is 366 g/mol. The number of hydrogen-bond donors (Lipinski definition) is 2. The molecule has 0 saturated carbocycles. The number of amides is 2. The molecule has 0 radical (unpaired) electrons. The van der Waals surface area contributed by atoms with E-state index in [1.807, 2.05) is 44.4 Å². The van der Waals surface area contributed by atoms with Crippen molar-refractivity contribution in [1.29, 1.82) is 0 Å². The number of carbonyl (C=O) groups excluding carboxylic acids is 1. The Kier molecular flexibility index (Phi) is 6.71. The molecule has 1 aliphatic rings. The summed E-state index contributed by atoms with van der Waals surface area (Å²) in [5.41, 5.74) is 3.54. The molecule has 0 aromatic heterocycles. The Morgan fingerprint density at radius 3 is 2.30 bits per heavy atom. The van der Waals surface area contributed by atoms with Crippen molar-refractivity contribution in [2.75, 3.05) is 38.6 Å². The highest BCUT2D eigenvalue weighted by atomic mass is 16.2. The summed E-state index contributed by atoms with van der Waals surface area (Å²) in [6.07, 6.45) is 2.46. The van der Waals surface area contributed by atoms with Crippen LogP contribution >= 0.6 is 0 Å². The third kappa shape index (κ3) is 5.47. The van der Waals surface area contributed by atoms with Crippen LogP contribution in [-0.4, -0.2) is 44.7 Å². The number of nitrogens with zero attached hydrogens (tertiary/aromatic N) is 2. The first-order valence-corrected chi connectivity index (χ1v) is 9.70. The van der Waals surface area contributed by atoms with Crippen molar-refractivity contribution in [2.45, 2.75) is 25.4 Å². The number of carbonyl (C=O) groups is 1. The van der Waals surface area contributed by atoms with E-state index >= 15 is 0 Å². The smallest absolute Gasteiger partial charge is 0.315 e. The van der Waals surface area contributed by atoms with Crippen molar-refractivity contribution in [3.05, 3.63) is 65.7 Å². The Bertz CT molecular complexity index is 709. The van der Waals surface area contributed by atoms with Crippen molar-refractivity contribution >= 4 is 11.7 Å². The Morgan fingerprint density at radius 2 is 1.67 bits per heavy atom. The molecule has 1 heterocycles. The summed E-state index contributed by atoms with van der Waals surface area (Å²) in [4.78, 5) is 16.8. The van der Waals surface area contributed by atoms with Gasteiger partial charge in [0.2, 0.25) is 0 Å². The third-order valence-corrected chi connectivity index (χ3v) is 5.13. The first-order valence-electron chi connectivity index (χ1n) is 9.70. The summed E-state index contributed by atoms with van der Waals surface area (Å²) in [5.74, 6) is 0. The van der Waals surface area contributed by atoms with Crippen LogP contribution in [0.15, 0.2) is 54.6 Å². The molecular weight excluding hydrogens is 336 g/mol. The van der Waals surface area contributed by atoms with Crippen LogP contribution in [0.2, 0.25) is 0 Å². The molecule has 144 valence electrons. The van der Waals surface area contributed by atoms with Crippen LogP contribution in [0.3, 0.4) is 0 Å². The van der Waals surface area contributed by atoms with Gasteiger partial charge in [0.25, 0.3) is 0 Å². The molecule has 2 aromatic carbocycles. The van der Waals surface area contributed by atoms with Gasteiger partial charge in [-0.05, 0) is 49.2 Å². The Hall–Kier alpha value is -2.53.